The Balaban J connectivity index is 1.61. The monoisotopic (exact) mass is 439 g/mol. The number of aromatic nitrogens is 2. The van der Waals surface area contributed by atoms with Gasteiger partial charge in [0.15, 0.2) is 0 Å². The van der Waals surface area contributed by atoms with Crippen molar-refractivity contribution in [1.29, 1.82) is 0 Å². The Kier molecular flexibility index (Phi) is 5.57. The second kappa shape index (κ2) is 8.30. The molecule has 2 heterocycles. The van der Waals surface area contributed by atoms with Crippen molar-refractivity contribution in [2.24, 2.45) is 0 Å². The van der Waals surface area contributed by atoms with Crippen LogP contribution in [0.3, 0.4) is 0 Å². The summed E-state index contributed by atoms with van der Waals surface area (Å²) >= 11 is 7.25. The molecular weight excluding hydrogens is 422 g/mol. The normalized spacial score (nSPS) is 12.1. The fraction of sp³-hybridized carbons (Fsp3) is 0.136. The number of hydrogen-bond acceptors (Lipinski definition) is 4. The van der Waals surface area contributed by atoms with Crippen LogP contribution in [0.5, 0.6) is 0 Å². The molecule has 0 spiro atoms. The van der Waals surface area contributed by atoms with Crippen LogP contribution in [0.2, 0.25) is 5.02 Å². The largest absolute Gasteiger partial charge is 0.480 e. The number of thiophene rings is 1. The number of fused-ring (bicyclic) bond motifs is 1. The topological polar surface area (TPSA) is 84.2 Å². The van der Waals surface area contributed by atoms with Crippen molar-refractivity contribution in [3.05, 3.63) is 81.8 Å². The van der Waals surface area contributed by atoms with Gasteiger partial charge < -0.3 is 10.4 Å². The molecule has 0 aliphatic carbocycles. The first-order chi connectivity index (χ1) is 14.4. The van der Waals surface area contributed by atoms with E-state index in [0.29, 0.717) is 9.90 Å². The maximum absolute atomic E-state index is 12.8. The van der Waals surface area contributed by atoms with Crippen LogP contribution in [0, 0.1) is 6.92 Å². The van der Waals surface area contributed by atoms with Gasteiger partial charge in [0.05, 0.1) is 16.3 Å². The minimum atomic E-state index is -1.07. The molecule has 0 saturated heterocycles. The molecule has 2 aromatic carbocycles. The first-order valence-electron chi connectivity index (χ1n) is 9.25. The highest BCUT2D eigenvalue weighted by Crippen LogP contribution is 2.30. The number of nitrogens with one attached hydrogen (secondary N) is 1. The second-order valence-corrected chi connectivity index (χ2v) is 8.32. The molecule has 8 heteroatoms. The number of aryl methyl sites for hydroxylation is 1. The summed E-state index contributed by atoms with van der Waals surface area (Å²) in [6.45, 7) is 1.87. The SMILES string of the molecule is Cc1nn(-c2ccc(Cl)cc2)c2sc(C(=O)NC(Cc3ccccc3)C(=O)O)cc12. The van der Waals surface area contributed by atoms with Gasteiger partial charge in [-0.1, -0.05) is 41.9 Å². The lowest BCUT2D eigenvalue weighted by molar-refractivity contribution is -0.139. The number of hydrogen-bond donors (Lipinski definition) is 2. The molecule has 1 amide bonds. The maximum atomic E-state index is 12.8. The maximum Gasteiger partial charge on any atom is 0.326 e. The zero-order valence-corrected chi connectivity index (χ0v) is 17.6. The van der Waals surface area contributed by atoms with Gasteiger partial charge in [0.2, 0.25) is 0 Å². The predicted molar refractivity (Wildman–Crippen MR) is 118 cm³/mol. The Morgan fingerprint density at radius 2 is 1.87 bits per heavy atom. The highest BCUT2D eigenvalue weighted by Gasteiger charge is 2.23. The fourth-order valence-corrected chi connectivity index (χ4v) is 4.41. The van der Waals surface area contributed by atoms with Gasteiger partial charge in [-0.25, -0.2) is 9.48 Å². The lowest BCUT2D eigenvalue weighted by Crippen LogP contribution is -2.42. The van der Waals surface area contributed by atoms with E-state index in [-0.39, 0.29) is 6.42 Å². The summed E-state index contributed by atoms with van der Waals surface area (Å²) in [5, 5.41) is 18.2. The van der Waals surface area contributed by atoms with Gasteiger partial charge in [0.1, 0.15) is 10.9 Å². The molecule has 0 bridgehead atoms. The summed E-state index contributed by atoms with van der Waals surface area (Å²) in [5.74, 6) is -1.49. The van der Waals surface area contributed by atoms with Crippen LogP contribution in [0.15, 0.2) is 60.7 Å². The third-order valence-electron chi connectivity index (χ3n) is 4.73. The summed E-state index contributed by atoms with van der Waals surface area (Å²) in [6, 6.07) is 17.2. The minimum absolute atomic E-state index is 0.213. The van der Waals surface area contributed by atoms with Gasteiger partial charge in [0, 0.05) is 16.8 Å². The third-order valence-corrected chi connectivity index (χ3v) is 6.09. The third kappa shape index (κ3) is 4.08. The molecule has 0 aliphatic heterocycles. The number of halogens is 1. The summed E-state index contributed by atoms with van der Waals surface area (Å²) in [4.78, 5) is 25.7. The number of nitrogens with zero attached hydrogens (tertiary/aromatic N) is 2. The van der Waals surface area contributed by atoms with E-state index in [0.717, 1.165) is 27.2 Å². The van der Waals surface area contributed by atoms with Gasteiger partial charge in [-0.15, -0.1) is 11.3 Å². The van der Waals surface area contributed by atoms with Crippen LogP contribution in [-0.2, 0) is 11.2 Å². The van der Waals surface area contributed by atoms with Crippen LogP contribution < -0.4 is 5.32 Å². The van der Waals surface area contributed by atoms with E-state index in [4.69, 9.17) is 11.6 Å². The van der Waals surface area contributed by atoms with E-state index in [2.05, 4.69) is 10.4 Å². The Labute approximate surface area is 181 Å². The van der Waals surface area contributed by atoms with Gasteiger partial charge in [-0.2, -0.15) is 5.10 Å². The number of amides is 1. The highest BCUT2D eigenvalue weighted by atomic mass is 35.5. The van der Waals surface area contributed by atoms with E-state index in [9.17, 15) is 14.7 Å². The van der Waals surface area contributed by atoms with Gasteiger partial charge in [0.25, 0.3) is 5.91 Å². The molecule has 0 saturated carbocycles. The lowest BCUT2D eigenvalue weighted by Gasteiger charge is -2.14. The average molecular weight is 440 g/mol. The van der Waals surface area contributed by atoms with E-state index >= 15 is 0 Å². The van der Waals surface area contributed by atoms with Crippen molar-refractivity contribution in [2.45, 2.75) is 19.4 Å². The minimum Gasteiger partial charge on any atom is -0.480 e. The van der Waals surface area contributed by atoms with E-state index in [1.54, 1.807) is 22.9 Å². The standard InChI is InChI=1S/C22H18ClN3O3S/c1-13-17-12-19(30-21(17)26(25-13)16-9-7-15(23)8-10-16)20(27)24-18(22(28)29)11-14-5-3-2-4-6-14/h2-10,12,18H,11H2,1H3,(H,24,27)(H,28,29). The second-order valence-electron chi connectivity index (χ2n) is 6.86. The first kappa shape index (κ1) is 20.1. The molecule has 4 rings (SSSR count). The molecule has 1 unspecified atom stereocenters. The van der Waals surface area contributed by atoms with Crippen LogP contribution >= 0.6 is 22.9 Å². The smallest absolute Gasteiger partial charge is 0.326 e. The van der Waals surface area contributed by atoms with E-state index in [1.807, 2.05) is 49.4 Å². The molecule has 0 fully saturated rings. The molecule has 152 valence electrons. The Morgan fingerprint density at radius 3 is 2.53 bits per heavy atom. The molecule has 0 radical (unpaired) electrons. The van der Waals surface area contributed by atoms with Gasteiger partial charge in [-0.05, 0) is 42.8 Å². The van der Waals surface area contributed by atoms with Gasteiger partial charge >= 0.3 is 5.97 Å². The van der Waals surface area contributed by atoms with Crippen molar-refractivity contribution in [2.75, 3.05) is 0 Å². The van der Waals surface area contributed by atoms with Crippen LogP contribution in [-0.4, -0.2) is 32.8 Å². The molecular formula is C22H18ClN3O3S. The number of carbonyl (C=O) groups excluding carboxylic acids is 1. The number of rotatable bonds is 6. The fourth-order valence-electron chi connectivity index (χ4n) is 3.20. The Hall–Kier alpha value is -3.16. The molecule has 6 nitrogen and oxygen atoms in total. The summed E-state index contributed by atoms with van der Waals surface area (Å²) in [7, 11) is 0. The zero-order chi connectivity index (χ0) is 21.3. The summed E-state index contributed by atoms with van der Waals surface area (Å²) < 4.78 is 1.76. The number of carboxylic acid groups (broad SMARTS) is 1. The van der Waals surface area contributed by atoms with Gasteiger partial charge in [-0.3, -0.25) is 4.79 Å². The van der Waals surface area contributed by atoms with Crippen LogP contribution in [0.25, 0.3) is 15.9 Å². The number of benzene rings is 2. The van der Waals surface area contributed by atoms with Crippen molar-refractivity contribution in [1.82, 2.24) is 15.1 Å². The Morgan fingerprint density at radius 1 is 1.17 bits per heavy atom. The first-order valence-corrected chi connectivity index (χ1v) is 10.4. The van der Waals surface area contributed by atoms with E-state index < -0.39 is 17.9 Å². The van der Waals surface area contributed by atoms with Crippen molar-refractivity contribution >= 4 is 45.0 Å². The average Bonchev–Trinajstić information content (AvgIpc) is 3.30. The predicted octanol–water partition coefficient (Wildman–Crippen LogP) is 4.47. The molecule has 2 aromatic heterocycles. The molecule has 0 aliphatic rings. The summed E-state index contributed by atoms with van der Waals surface area (Å²) in [5.41, 5.74) is 2.46. The molecule has 4 aromatic rings. The number of aliphatic carboxylic acids is 1. The number of carboxylic acids is 1. The quantitative estimate of drug-likeness (QED) is 0.464. The van der Waals surface area contributed by atoms with E-state index in [1.165, 1.54) is 11.3 Å². The van der Waals surface area contributed by atoms with Crippen molar-refractivity contribution in [3.8, 4) is 5.69 Å². The highest BCUT2D eigenvalue weighted by molar-refractivity contribution is 7.20. The Bertz CT molecular complexity index is 1220. The molecule has 1 atom stereocenters. The zero-order valence-electron chi connectivity index (χ0n) is 16.0. The van der Waals surface area contributed by atoms with Crippen LogP contribution in [0.4, 0.5) is 0 Å². The molecule has 30 heavy (non-hydrogen) atoms. The van der Waals surface area contributed by atoms with Crippen molar-refractivity contribution in [3.63, 3.8) is 0 Å². The summed E-state index contributed by atoms with van der Waals surface area (Å²) in [6.07, 6.45) is 0.213. The number of carbonyl (C=O) groups is 2. The molecule has 2 N–H and O–H groups in total. The van der Waals surface area contributed by atoms with Crippen molar-refractivity contribution < 1.29 is 14.7 Å². The van der Waals surface area contributed by atoms with Crippen LogP contribution in [0.1, 0.15) is 20.9 Å². The lowest BCUT2D eigenvalue weighted by atomic mass is 10.1.